The molecule has 90 valence electrons. The smallest absolute Gasteiger partial charge is 0.101 e. The van der Waals surface area contributed by atoms with Gasteiger partial charge in [-0.2, -0.15) is 5.26 Å². The van der Waals surface area contributed by atoms with Gasteiger partial charge >= 0.3 is 0 Å². The minimum Gasteiger partial charge on any atom is -0.372 e. The Hall–Kier alpha value is -1.56. The molecule has 0 atom stereocenters. The molecular weight excluding hydrogens is 210 g/mol. The van der Waals surface area contributed by atoms with Gasteiger partial charge < -0.3 is 4.90 Å². The number of anilines is 1. The van der Waals surface area contributed by atoms with E-state index < -0.39 is 0 Å². The highest BCUT2D eigenvalue weighted by Gasteiger charge is 2.16. The second-order valence-corrected chi connectivity index (χ2v) is 4.89. The lowest BCUT2D eigenvalue weighted by atomic mass is 9.89. The van der Waals surface area contributed by atoms with Crippen LogP contribution in [-0.2, 0) is 0 Å². The van der Waals surface area contributed by atoms with E-state index in [2.05, 4.69) is 23.0 Å². The van der Waals surface area contributed by atoms with Crippen molar-refractivity contribution >= 4 is 5.69 Å². The third-order valence-electron chi connectivity index (χ3n) is 3.59. The van der Waals surface area contributed by atoms with E-state index in [1.54, 1.807) is 18.5 Å². The van der Waals surface area contributed by atoms with Crippen molar-refractivity contribution < 1.29 is 0 Å². The van der Waals surface area contributed by atoms with Crippen molar-refractivity contribution in [3.8, 4) is 6.07 Å². The summed E-state index contributed by atoms with van der Waals surface area (Å²) >= 11 is 0. The lowest BCUT2D eigenvalue weighted by Gasteiger charge is -2.28. The molecule has 0 N–H and O–H groups in total. The molecule has 0 radical (unpaired) electrons. The molecule has 1 fully saturated rings. The van der Waals surface area contributed by atoms with E-state index in [4.69, 9.17) is 5.26 Å². The highest BCUT2D eigenvalue weighted by molar-refractivity contribution is 5.56. The van der Waals surface area contributed by atoms with Crippen molar-refractivity contribution in [2.24, 2.45) is 5.92 Å². The highest BCUT2D eigenvalue weighted by Crippen LogP contribution is 2.26. The van der Waals surface area contributed by atoms with Crippen LogP contribution in [-0.4, -0.2) is 18.6 Å². The van der Waals surface area contributed by atoms with Crippen LogP contribution < -0.4 is 4.90 Å². The number of aromatic nitrogens is 1. The normalized spacial score (nSPS) is 16.5. The third-order valence-corrected chi connectivity index (χ3v) is 3.59. The van der Waals surface area contributed by atoms with E-state index in [1.165, 1.54) is 32.1 Å². The summed E-state index contributed by atoms with van der Waals surface area (Å²) in [6.07, 6.45) is 10.2. The van der Waals surface area contributed by atoms with Crippen molar-refractivity contribution in [1.29, 1.82) is 5.26 Å². The molecule has 0 aliphatic heterocycles. The minimum absolute atomic E-state index is 0.721. The van der Waals surface area contributed by atoms with Crippen LogP contribution in [0.1, 0.15) is 37.7 Å². The topological polar surface area (TPSA) is 39.9 Å². The summed E-state index contributed by atoms with van der Waals surface area (Å²) in [5, 5.41) is 9.07. The van der Waals surface area contributed by atoms with Gasteiger partial charge in [0.2, 0.25) is 0 Å². The maximum absolute atomic E-state index is 9.07. The second-order valence-electron chi connectivity index (χ2n) is 4.89. The van der Waals surface area contributed by atoms with Crippen molar-refractivity contribution in [2.45, 2.75) is 32.1 Å². The first-order chi connectivity index (χ1) is 8.31. The first-order valence-corrected chi connectivity index (χ1v) is 6.36. The number of pyridine rings is 1. The molecule has 1 aromatic rings. The Bertz CT molecular complexity index is 402. The predicted molar refractivity (Wildman–Crippen MR) is 68.8 cm³/mol. The Morgan fingerprint density at radius 1 is 1.41 bits per heavy atom. The summed E-state index contributed by atoms with van der Waals surface area (Å²) in [5.41, 5.74) is 1.68. The van der Waals surface area contributed by atoms with Gasteiger partial charge in [-0.15, -0.1) is 0 Å². The molecule has 1 heterocycles. The van der Waals surface area contributed by atoms with Crippen LogP contribution in [0.2, 0.25) is 0 Å². The quantitative estimate of drug-likeness (QED) is 0.800. The standard InChI is InChI=1S/C14H19N3/c1-17(11-12-5-3-2-4-6-12)14-10-16-8-7-13(14)9-15/h7-8,10,12H,2-6,11H2,1H3. The maximum Gasteiger partial charge on any atom is 0.101 e. The van der Waals surface area contributed by atoms with E-state index in [0.29, 0.717) is 0 Å². The van der Waals surface area contributed by atoms with Gasteiger partial charge in [0.25, 0.3) is 0 Å². The highest BCUT2D eigenvalue weighted by atomic mass is 15.1. The zero-order valence-electron chi connectivity index (χ0n) is 10.4. The zero-order chi connectivity index (χ0) is 12.1. The van der Waals surface area contributed by atoms with Crippen LogP contribution in [0.15, 0.2) is 18.5 Å². The average molecular weight is 229 g/mol. The lowest BCUT2D eigenvalue weighted by molar-refractivity contribution is 0.362. The first-order valence-electron chi connectivity index (χ1n) is 6.36. The molecule has 3 heteroatoms. The van der Waals surface area contributed by atoms with Gasteiger partial charge in [0.15, 0.2) is 0 Å². The molecule has 3 nitrogen and oxygen atoms in total. The fourth-order valence-corrected chi connectivity index (χ4v) is 2.64. The van der Waals surface area contributed by atoms with Gasteiger partial charge in [-0.3, -0.25) is 4.98 Å². The molecule has 0 saturated heterocycles. The van der Waals surface area contributed by atoms with Gasteiger partial charge in [-0.1, -0.05) is 19.3 Å². The Balaban J connectivity index is 2.03. The third kappa shape index (κ3) is 2.97. The Kier molecular flexibility index (Phi) is 3.98. The lowest BCUT2D eigenvalue weighted by Crippen LogP contribution is -2.27. The molecule has 17 heavy (non-hydrogen) atoms. The van der Waals surface area contributed by atoms with Crippen molar-refractivity contribution in [3.05, 3.63) is 24.0 Å². The summed E-state index contributed by atoms with van der Waals surface area (Å²) in [7, 11) is 2.06. The van der Waals surface area contributed by atoms with Crippen molar-refractivity contribution in [1.82, 2.24) is 4.98 Å². The molecule has 1 aromatic heterocycles. The molecule has 1 saturated carbocycles. The summed E-state index contributed by atoms with van der Waals surface area (Å²) in [5.74, 6) is 0.778. The number of hydrogen-bond donors (Lipinski definition) is 0. The summed E-state index contributed by atoms with van der Waals surface area (Å²) in [6, 6.07) is 4.02. The van der Waals surface area contributed by atoms with Crippen LogP contribution in [0.25, 0.3) is 0 Å². The van der Waals surface area contributed by atoms with Gasteiger partial charge in [0.1, 0.15) is 6.07 Å². The largest absolute Gasteiger partial charge is 0.372 e. The van der Waals surface area contributed by atoms with Gasteiger partial charge in [-0.25, -0.2) is 0 Å². The number of nitriles is 1. The first kappa shape index (κ1) is 11.9. The fraction of sp³-hybridized carbons (Fsp3) is 0.571. The Morgan fingerprint density at radius 3 is 2.88 bits per heavy atom. The molecule has 1 aliphatic rings. The number of hydrogen-bond acceptors (Lipinski definition) is 3. The molecule has 0 unspecified atom stereocenters. The second kappa shape index (κ2) is 5.67. The van der Waals surface area contributed by atoms with E-state index in [0.717, 1.165) is 23.7 Å². The molecular formula is C14H19N3. The average Bonchev–Trinajstić information content (AvgIpc) is 2.40. The van der Waals surface area contributed by atoms with Gasteiger partial charge in [0.05, 0.1) is 17.4 Å². The summed E-state index contributed by atoms with van der Waals surface area (Å²) < 4.78 is 0. The van der Waals surface area contributed by atoms with E-state index in [-0.39, 0.29) is 0 Å². The molecule has 2 rings (SSSR count). The van der Waals surface area contributed by atoms with Crippen molar-refractivity contribution in [3.63, 3.8) is 0 Å². The van der Waals surface area contributed by atoms with E-state index in [9.17, 15) is 0 Å². The van der Waals surface area contributed by atoms with E-state index in [1.807, 2.05) is 0 Å². The van der Waals surface area contributed by atoms with Crippen LogP contribution in [0, 0.1) is 17.2 Å². The molecule has 0 aromatic carbocycles. The maximum atomic E-state index is 9.07. The molecule has 1 aliphatic carbocycles. The van der Waals surface area contributed by atoms with Crippen LogP contribution in [0.3, 0.4) is 0 Å². The number of nitrogens with zero attached hydrogens (tertiary/aromatic N) is 3. The van der Waals surface area contributed by atoms with Crippen LogP contribution in [0.5, 0.6) is 0 Å². The minimum atomic E-state index is 0.721. The molecule has 0 spiro atoms. The van der Waals surface area contributed by atoms with Gasteiger partial charge in [0, 0.05) is 19.8 Å². The monoisotopic (exact) mass is 229 g/mol. The van der Waals surface area contributed by atoms with E-state index >= 15 is 0 Å². The number of rotatable bonds is 3. The Morgan fingerprint density at radius 2 is 2.18 bits per heavy atom. The predicted octanol–water partition coefficient (Wildman–Crippen LogP) is 2.97. The molecule has 0 bridgehead atoms. The zero-order valence-corrected chi connectivity index (χ0v) is 10.4. The van der Waals surface area contributed by atoms with Crippen molar-refractivity contribution in [2.75, 3.05) is 18.5 Å². The fourth-order valence-electron chi connectivity index (χ4n) is 2.64. The molecule has 0 amide bonds. The van der Waals surface area contributed by atoms with Gasteiger partial charge in [-0.05, 0) is 24.8 Å². The Labute approximate surface area is 103 Å². The van der Waals surface area contributed by atoms with Crippen LogP contribution in [0.4, 0.5) is 5.69 Å². The van der Waals surface area contributed by atoms with Crippen LogP contribution >= 0.6 is 0 Å². The summed E-state index contributed by atoms with van der Waals surface area (Å²) in [6.45, 7) is 1.04. The summed E-state index contributed by atoms with van der Waals surface area (Å²) in [4.78, 5) is 6.30. The SMILES string of the molecule is CN(CC1CCCCC1)c1cnccc1C#N.